The van der Waals surface area contributed by atoms with Crippen molar-refractivity contribution in [1.29, 1.82) is 0 Å². The summed E-state index contributed by atoms with van der Waals surface area (Å²) in [7, 11) is 0. The SMILES string of the molecule is O=C(NCC1CCOCC1)c1ccc(COCc2ccccc2Cl)cn1. The van der Waals surface area contributed by atoms with Crippen LogP contribution in [0.5, 0.6) is 0 Å². The van der Waals surface area contributed by atoms with Crippen LogP contribution >= 0.6 is 11.6 Å². The third-order valence-corrected chi connectivity index (χ3v) is 4.80. The monoisotopic (exact) mass is 374 g/mol. The van der Waals surface area contributed by atoms with E-state index in [1.54, 1.807) is 12.3 Å². The number of hydrogen-bond acceptors (Lipinski definition) is 4. The molecule has 1 aliphatic rings. The molecule has 6 heteroatoms. The molecule has 138 valence electrons. The lowest BCUT2D eigenvalue weighted by Gasteiger charge is -2.22. The van der Waals surface area contributed by atoms with Gasteiger partial charge in [-0.2, -0.15) is 0 Å². The van der Waals surface area contributed by atoms with Crippen molar-refractivity contribution in [3.05, 3.63) is 64.4 Å². The Hall–Kier alpha value is -1.95. The summed E-state index contributed by atoms with van der Waals surface area (Å²) in [5.74, 6) is 0.352. The second-order valence-corrected chi connectivity index (χ2v) is 6.81. The van der Waals surface area contributed by atoms with E-state index in [4.69, 9.17) is 21.1 Å². The number of amides is 1. The van der Waals surface area contributed by atoms with Gasteiger partial charge in [-0.05, 0) is 42.0 Å². The molecule has 1 aliphatic heterocycles. The molecule has 0 spiro atoms. The van der Waals surface area contributed by atoms with Crippen molar-refractivity contribution in [2.75, 3.05) is 19.8 Å². The maximum Gasteiger partial charge on any atom is 0.269 e. The van der Waals surface area contributed by atoms with E-state index in [-0.39, 0.29) is 5.91 Å². The molecule has 0 aliphatic carbocycles. The van der Waals surface area contributed by atoms with Gasteiger partial charge in [-0.25, -0.2) is 0 Å². The van der Waals surface area contributed by atoms with Crippen molar-refractivity contribution >= 4 is 17.5 Å². The minimum absolute atomic E-state index is 0.139. The quantitative estimate of drug-likeness (QED) is 0.804. The lowest BCUT2D eigenvalue weighted by atomic mass is 10.0. The van der Waals surface area contributed by atoms with Crippen molar-refractivity contribution in [2.24, 2.45) is 5.92 Å². The Kier molecular flexibility index (Phi) is 7.00. The average molecular weight is 375 g/mol. The minimum atomic E-state index is -0.139. The van der Waals surface area contributed by atoms with Crippen LogP contribution in [0.25, 0.3) is 0 Å². The molecule has 0 unspecified atom stereocenters. The largest absolute Gasteiger partial charge is 0.381 e. The Morgan fingerprint density at radius 3 is 2.73 bits per heavy atom. The highest BCUT2D eigenvalue weighted by Gasteiger charge is 2.15. The summed E-state index contributed by atoms with van der Waals surface area (Å²) in [5.41, 5.74) is 2.29. The molecule has 26 heavy (non-hydrogen) atoms. The highest BCUT2D eigenvalue weighted by atomic mass is 35.5. The maximum atomic E-state index is 12.2. The predicted octanol–water partition coefficient (Wildman–Crippen LogP) is 3.61. The molecule has 1 aromatic carbocycles. The number of hydrogen-bond donors (Lipinski definition) is 1. The molecular formula is C20H23ClN2O3. The summed E-state index contributed by atoms with van der Waals surface area (Å²) < 4.78 is 11.0. The molecule has 5 nitrogen and oxygen atoms in total. The Labute approximate surface area is 158 Å². The number of carbonyl (C=O) groups excluding carboxylic acids is 1. The van der Waals surface area contributed by atoms with Gasteiger partial charge in [0.2, 0.25) is 0 Å². The molecule has 1 fully saturated rings. The molecule has 3 rings (SSSR count). The predicted molar refractivity (Wildman–Crippen MR) is 100 cm³/mol. The van der Waals surface area contributed by atoms with E-state index in [9.17, 15) is 4.79 Å². The fourth-order valence-electron chi connectivity index (χ4n) is 2.82. The first-order valence-electron chi connectivity index (χ1n) is 8.84. The molecule has 0 radical (unpaired) electrons. The van der Waals surface area contributed by atoms with Crippen molar-refractivity contribution in [3.8, 4) is 0 Å². The smallest absolute Gasteiger partial charge is 0.269 e. The Morgan fingerprint density at radius 2 is 2.00 bits per heavy atom. The van der Waals surface area contributed by atoms with Crippen molar-refractivity contribution < 1.29 is 14.3 Å². The summed E-state index contributed by atoms with van der Waals surface area (Å²) >= 11 is 6.10. The van der Waals surface area contributed by atoms with Crippen LogP contribution in [0.4, 0.5) is 0 Å². The second kappa shape index (κ2) is 9.67. The lowest BCUT2D eigenvalue weighted by molar-refractivity contribution is 0.0642. The van der Waals surface area contributed by atoms with E-state index < -0.39 is 0 Å². The lowest BCUT2D eigenvalue weighted by Crippen LogP contribution is -2.32. The first-order chi connectivity index (χ1) is 12.7. The molecule has 0 atom stereocenters. The Balaban J connectivity index is 1.43. The number of benzene rings is 1. The van der Waals surface area contributed by atoms with E-state index in [0.717, 1.165) is 37.2 Å². The summed E-state index contributed by atoms with van der Waals surface area (Å²) in [6, 6.07) is 11.2. The fraction of sp³-hybridized carbons (Fsp3) is 0.400. The van der Waals surface area contributed by atoms with Crippen LogP contribution in [0.15, 0.2) is 42.6 Å². The summed E-state index contributed by atoms with van der Waals surface area (Å²) in [4.78, 5) is 16.4. The molecule has 2 heterocycles. The fourth-order valence-corrected chi connectivity index (χ4v) is 3.01. The van der Waals surface area contributed by atoms with Crippen molar-refractivity contribution in [3.63, 3.8) is 0 Å². The number of aromatic nitrogens is 1. The maximum absolute atomic E-state index is 12.2. The zero-order chi connectivity index (χ0) is 18.2. The van der Waals surface area contributed by atoms with Crippen molar-refractivity contribution in [2.45, 2.75) is 26.1 Å². The van der Waals surface area contributed by atoms with Gasteiger partial charge in [0.25, 0.3) is 5.91 Å². The first-order valence-corrected chi connectivity index (χ1v) is 9.22. The number of nitrogens with one attached hydrogen (secondary N) is 1. The van der Waals surface area contributed by atoms with Crippen LogP contribution in [0.3, 0.4) is 0 Å². The van der Waals surface area contributed by atoms with Gasteiger partial charge in [0.05, 0.1) is 13.2 Å². The standard InChI is InChI=1S/C20H23ClN2O3/c21-18-4-2-1-3-17(18)14-26-13-16-5-6-19(22-12-16)20(24)23-11-15-7-9-25-10-8-15/h1-6,12,15H,7-11,13-14H2,(H,23,24). The molecule has 1 aromatic heterocycles. The van der Waals surface area contributed by atoms with Gasteiger partial charge >= 0.3 is 0 Å². The number of pyridine rings is 1. The van der Waals surface area contributed by atoms with Crippen LogP contribution < -0.4 is 5.32 Å². The zero-order valence-corrected chi connectivity index (χ0v) is 15.4. The van der Waals surface area contributed by atoms with Gasteiger partial charge in [-0.1, -0.05) is 35.9 Å². The molecule has 1 amide bonds. The third-order valence-electron chi connectivity index (χ3n) is 4.43. The Bertz CT molecular complexity index is 715. The number of rotatable bonds is 7. The van der Waals surface area contributed by atoms with Gasteiger partial charge in [0.1, 0.15) is 5.69 Å². The number of carbonyl (C=O) groups is 1. The van der Waals surface area contributed by atoms with Crippen molar-refractivity contribution in [1.82, 2.24) is 10.3 Å². The normalized spacial score (nSPS) is 15.0. The molecule has 0 bridgehead atoms. The molecule has 1 saturated heterocycles. The van der Waals surface area contributed by atoms with E-state index >= 15 is 0 Å². The molecule has 0 saturated carbocycles. The van der Waals surface area contributed by atoms with Gasteiger partial charge in [0.15, 0.2) is 0 Å². The third kappa shape index (κ3) is 5.53. The highest BCUT2D eigenvalue weighted by molar-refractivity contribution is 6.31. The van der Waals surface area contributed by atoms with Crippen LogP contribution in [0, 0.1) is 5.92 Å². The van der Waals surface area contributed by atoms with E-state index in [2.05, 4.69) is 10.3 Å². The zero-order valence-electron chi connectivity index (χ0n) is 14.6. The summed E-state index contributed by atoms with van der Waals surface area (Å²) in [6.45, 7) is 3.09. The molecular weight excluding hydrogens is 352 g/mol. The van der Waals surface area contributed by atoms with Gasteiger partial charge in [-0.3, -0.25) is 9.78 Å². The average Bonchev–Trinajstić information content (AvgIpc) is 2.69. The topological polar surface area (TPSA) is 60.5 Å². The van der Waals surface area contributed by atoms with Gasteiger partial charge in [-0.15, -0.1) is 0 Å². The highest BCUT2D eigenvalue weighted by Crippen LogP contribution is 2.16. The van der Waals surface area contributed by atoms with Gasteiger partial charge in [0, 0.05) is 31.0 Å². The summed E-state index contributed by atoms with van der Waals surface area (Å²) in [6.07, 6.45) is 3.67. The van der Waals surface area contributed by atoms with E-state index in [1.165, 1.54) is 0 Å². The number of ether oxygens (including phenoxy) is 2. The number of halogens is 1. The van der Waals surface area contributed by atoms with Crippen LogP contribution in [-0.4, -0.2) is 30.6 Å². The second-order valence-electron chi connectivity index (χ2n) is 6.40. The van der Waals surface area contributed by atoms with E-state index in [0.29, 0.717) is 36.4 Å². The number of nitrogens with zero attached hydrogens (tertiary/aromatic N) is 1. The van der Waals surface area contributed by atoms with Crippen LogP contribution in [0.1, 0.15) is 34.5 Å². The molecule has 1 N–H and O–H groups in total. The summed E-state index contributed by atoms with van der Waals surface area (Å²) in [5, 5.41) is 3.65. The minimum Gasteiger partial charge on any atom is -0.381 e. The molecule has 2 aromatic rings. The van der Waals surface area contributed by atoms with Gasteiger partial charge < -0.3 is 14.8 Å². The first kappa shape index (κ1) is 18.8. The van der Waals surface area contributed by atoms with Crippen LogP contribution in [-0.2, 0) is 22.7 Å². The van der Waals surface area contributed by atoms with Crippen LogP contribution in [0.2, 0.25) is 5.02 Å². The Morgan fingerprint density at radius 1 is 1.19 bits per heavy atom. The van der Waals surface area contributed by atoms with E-state index in [1.807, 2.05) is 30.3 Å².